The molecule has 0 aliphatic rings. The van der Waals surface area contributed by atoms with Gasteiger partial charge in [-0.2, -0.15) is 4.39 Å². The SMILES string of the molecule is C#CC(NCc1ccc([N+](=O)[O-])c(F)c1)C(C)C. The number of hydrogen-bond donors (Lipinski definition) is 1. The lowest BCUT2D eigenvalue weighted by Crippen LogP contribution is -2.31. The molecule has 1 N–H and O–H groups in total. The molecule has 18 heavy (non-hydrogen) atoms. The van der Waals surface area contributed by atoms with E-state index in [0.29, 0.717) is 12.1 Å². The molecule has 0 bridgehead atoms. The first kappa shape index (κ1) is 14.1. The fourth-order valence-corrected chi connectivity index (χ4v) is 1.52. The van der Waals surface area contributed by atoms with Crippen molar-refractivity contribution in [3.8, 4) is 12.3 Å². The fraction of sp³-hybridized carbons (Fsp3) is 0.385. The Morgan fingerprint density at radius 3 is 2.67 bits per heavy atom. The standard InChI is InChI=1S/C13H15FN2O2/c1-4-12(9(2)3)15-8-10-5-6-13(16(17)18)11(14)7-10/h1,5-7,9,12,15H,8H2,2-3H3. The molecule has 5 heteroatoms. The zero-order chi connectivity index (χ0) is 13.7. The molecule has 0 radical (unpaired) electrons. The molecule has 1 rings (SSSR count). The number of nitrogens with one attached hydrogen (secondary N) is 1. The van der Waals surface area contributed by atoms with Crippen LogP contribution in [-0.2, 0) is 6.54 Å². The summed E-state index contributed by atoms with van der Waals surface area (Å²) in [5, 5.41) is 13.5. The van der Waals surface area contributed by atoms with Gasteiger partial charge in [0, 0.05) is 12.6 Å². The van der Waals surface area contributed by atoms with E-state index >= 15 is 0 Å². The molecular formula is C13H15FN2O2. The van der Waals surface area contributed by atoms with Crippen molar-refractivity contribution in [3.05, 3.63) is 39.7 Å². The summed E-state index contributed by atoms with van der Waals surface area (Å²) in [5.41, 5.74) is 0.107. The van der Waals surface area contributed by atoms with Gasteiger partial charge in [0.1, 0.15) is 0 Å². The normalized spacial score (nSPS) is 12.2. The molecule has 1 unspecified atom stereocenters. The van der Waals surface area contributed by atoms with E-state index in [0.717, 1.165) is 12.1 Å². The maximum absolute atomic E-state index is 13.4. The van der Waals surface area contributed by atoms with Crippen molar-refractivity contribution < 1.29 is 9.31 Å². The highest BCUT2D eigenvalue weighted by molar-refractivity contribution is 5.35. The monoisotopic (exact) mass is 250 g/mol. The predicted octanol–water partition coefficient (Wildman–Crippen LogP) is 2.48. The number of nitro benzene ring substituents is 1. The maximum atomic E-state index is 13.4. The third-order valence-electron chi connectivity index (χ3n) is 2.58. The first-order valence-electron chi connectivity index (χ1n) is 5.58. The van der Waals surface area contributed by atoms with Gasteiger partial charge in [-0.25, -0.2) is 0 Å². The van der Waals surface area contributed by atoms with Crippen molar-refractivity contribution >= 4 is 5.69 Å². The van der Waals surface area contributed by atoms with E-state index in [1.54, 1.807) is 0 Å². The van der Waals surface area contributed by atoms with Crippen LogP contribution in [0.5, 0.6) is 0 Å². The van der Waals surface area contributed by atoms with Crippen LogP contribution in [0.2, 0.25) is 0 Å². The highest BCUT2D eigenvalue weighted by atomic mass is 19.1. The molecule has 4 nitrogen and oxygen atoms in total. The summed E-state index contributed by atoms with van der Waals surface area (Å²) >= 11 is 0. The van der Waals surface area contributed by atoms with Crippen molar-refractivity contribution in [2.24, 2.45) is 5.92 Å². The molecule has 1 atom stereocenters. The topological polar surface area (TPSA) is 55.2 Å². The smallest absolute Gasteiger partial charge is 0.299 e. The first-order chi connectivity index (χ1) is 8.45. The van der Waals surface area contributed by atoms with Gasteiger partial charge in [0.05, 0.1) is 11.0 Å². The first-order valence-corrected chi connectivity index (χ1v) is 5.58. The second-order valence-electron chi connectivity index (χ2n) is 4.31. The molecule has 0 heterocycles. The third kappa shape index (κ3) is 3.54. The molecule has 0 aliphatic carbocycles. The number of rotatable bonds is 5. The van der Waals surface area contributed by atoms with E-state index in [-0.39, 0.29) is 12.0 Å². The Morgan fingerprint density at radius 1 is 1.56 bits per heavy atom. The molecule has 0 amide bonds. The summed E-state index contributed by atoms with van der Waals surface area (Å²) < 4.78 is 13.4. The van der Waals surface area contributed by atoms with Crippen LogP contribution >= 0.6 is 0 Å². The van der Waals surface area contributed by atoms with Crippen molar-refractivity contribution in [1.29, 1.82) is 0 Å². The summed E-state index contributed by atoms with van der Waals surface area (Å²) in [6.45, 7) is 4.34. The van der Waals surface area contributed by atoms with Crippen LogP contribution in [0.25, 0.3) is 0 Å². The van der Waals surface area contributed by atoms with Gasteiger partial charge in [0.15, 0.2) is 0 Å². The summed E-state index contributed by atoms with van der Waals surface area (Å²) in [6, 6.07) is 3.72. The van der Waals surface area contributed by atoms with E-state index in [4.69, 9.17) is 6.42 Å². The highest BCUT2D eigenvalue weighted by Gasteiger charge is 2.14. The number of terminal acetylenes is 1. The van der Waals surface area contributed by atoms with Crippen LogP contribution in [0.15, 0.2) is 18.2 Å². The molecule has 0 spiro atoms. The van der Waals surface area contributed by atoms with Crippen LogP contribution in [-0.4, -0.2) is 11.0 Å². The van der Waals surface area contributed by atoms with E-state index in [9.17, 15) is 14.5 Å². The van der Waals surface area contributed by atoms with Crippen LogP contribution in [0.1, 0.15) is 19.4 Å². The van der Waals surface area contributed by atoms with Crippen molar-refractivity contribution in [2.75, 3.05) is 0 Å². The Labute approximate surface area is 105 Å². The van der Waals surface area contributed by atoms with E-state index < -0.39 is 16.4 Å². The average molecular weight is 250 g/mol. The molecule has 0 aliphatic heterocycles. The van der Waals surface area contributed by atoms with E-state index in [1.807, 2.05) is 13.8 Å². The van der Waals surface area contributed by atoms with Crippen LogP contribution in [0, 0.1) is 34.2 Å². The zero-order valence-electron chi connectivity index (χ0n) is 10.3. The number of nitro groups is 1. The second kappa shape index (κ2) is 6.12. The summed E-state index contributed by atoms with van der Waals surface area (Å²) in [5.74, 6) is 2.03. The Kier molecular flexibility index (Phi) is 4.81. The van der Waals surface area contributed by atoms with Crippen LogP contribution < -0.4 is 5.32 Å². The second-order valence-corrected chi connectivity index (χ2v) is 4.31. The number of hydrogen-bond acceptors (Lipinski definition) is 3. The lowest BCUT2D eigenvalue weighted by Gasteiger charge is -2.16. The van der Waals surface area contributed by atoms with Gasteiger partial charge in [-0.15, -0.1) is 6.42 Å². The zero-order valence-corrected chi connectivity index (χ0v) is 10.3. The predicted molar refractivity (Wildman–Crippen MR) is 67.4 cm³/mol. The minimum Gasteiger partial charge on any atom is -0.299 e. The largest absolute Gasteiger partial charge is 0.304 e. The minimum absolute atomic E-state index is 0.108. The molecule has 1 aromatic carbocycles. The van der Waals surface area contributed by atoms with Crippen LogP contribution in [0.4, 0.5) is 10.1 Å². The summed E-state index contributed by atoms with van der Waals surface area (Å²) in [7, 11) is 0. The lowest BCUT2D eigenvalue weighted by atomic mass is 10.0. The molecule has 0 aromatic heterocycles. The van der Waals surface area contributed by atoms with Crippen molar-refractivity contribution in [1.82, 2.24) is 5.32 Å². The average Bonchev–Trinajstić information content (AvgIpc) is 2.28. The minimum atomic E-state index is -0.832. The number of halogens is 1. The lowest BCUT2D eigenvalue weighted by molar-refractivity contribution is -0.387. The molecule has 0 fully saturated rings. The van der Waals surface area contributed by atoms with Crippen LogP contribution in [0.3, 0.4) is 0 Å². The number of nitrogens with zero attached hydrogens (tertiary/aromatic N) is 1. The number of benzene rings is 1. The van der Waals surface area contributed by atoms with Gasteiger partial charge in [-0.1, -0.05) is 25.8 Å². The fourth-order valence-electron chi connectivity index (χ4n) is 1.52. The Balaban J connectivity index is 2.73. The maximum Gasteiger partial charge on any atom is 0.304 e. The third-order valence-corrected chi connectivity index (χ3v) is 2.58. The van der Waals surface area contributed by atoms with E-state index in [2.05, 4.69) is 11.2 Å². The van der Waals surface area contributed by atoms with Gasteiger partial charge in [-0.3, -0.25) is 15.4 Å². The van der Waals surface area contributed by atoms with E-state index in [1.165, 1.54) is 6.07 Å². The molecule has 0 saturated carbocycles. The Hall–Kier alpha value is -1.93. The van der Waals surface area contributed by atoms with Gasteiger partial charge >= 0.3 is 5.69 Å². The van der Waals surface area contributed by atoms with Gasteiger partial charge in [0.2, 0.25) is 5.82 Å². The summed E-state index contributed by atoms with van der Waals surface area (Å²) in [4.78, 5) is 9.71. The molecule has 96 valence electrons. The van der Waals surface area contributed by atoms with Crippen molar-refractivity contribution in [2.45, 2.75) is 26.4 Å². The quantitative estimate of drug-likeness (QED) is 0.496. The van der Waals surface area contributed by atoms with Gasteiger partial charge in [0.25, 0.3) is 0 Å². The van der Waals surface area contributed by atoms with Gasteiger partial charge < -0.3 is 0 Å². The highest BCUT2D eigenvalue weighted by Crippen LogP contribution is 2.18. The Bertz CT molecular complexity index is 480. The molecule has 0 saturated heterocycles. The molecule has 1 aromatic rings. The summed E-state index contributed by atoms with van der Waals surface area (Å²) in [6.07, 6.45) is 5.36. The Morgan fingerprint density at radius 2 is 2.22 bits per heavy atom. The van der Waals surface area contributed by atoms with Gasteiger partial charge in [-0.05, 0) is 17.5 Å². The van der Waals surface area contributed by atoms with Crippen molar-refractivity contribution in [3.63, 3.8) is 0 Å². The molecular weight excluding hydrogens is 235 g/mol.